The van der Waals surface area contributed by atoms with Crippen LogP contribution in [-0.2, 0) is 4.74 Å². The van der Waals surface area contributed by atoms with Crippen molar-refractivity contribution in [2.75, 3.05) is 50.2 Å². The molecule has 1 aliphatic heterocycles. The van der Waals surface area contributed by atoms with Crippen LogP contribution in [0.4, 0.5) is 11.5 Å². The Kier molecular flexibility index (Phi) is 3.46. The fourth-order valence-corrected chi connectivity index (χ4v) is 1.89. The van der Waals surface area contributed by atoms with Crippen LogP contribution in [0, 0.1) is 0 Å². The zero-order valence-electron chi connectivity index (χ0n) is 9.48. The molecule has 1 aromatic heterocycles. The van der Waals surface area contributed by atoms with Crippen molar-refractivity contribution in [1.82, 2.24) is 9.97 Å². The Labute approximate surface area is 100.0 Å². The first kappa shape index (κ1) is 11.4. The van der Waals surface area contributed by atoms with Gasteiger partial charge in [0.25, 0.3) is 0 Å². The lowest BCUT2D eigenvalue weighted by molar-refractivity contribution is 0.205. The van der Waals surface area contributed by atoms with Gasteiger partial charge in [-0.1, -0.05) is 0 Å². The second-order valence-corrected chi connectivity index (χ2v) is 4.09. The Morgan fingerprint density at radius 3 is 3.06 bits per heavy atom. The van der Waals surface area contributed by atoms with E-state index >= 15 is 0 Å². The van der Waals surface area contributed by atoms with E-state index < -0.39 is 0 Å². The van der Waals surface area contributed by atoms with Gasteiger partial charge < -0.3 is 14.5 Å². The third-order valence-corrected chi connectivity index (χ3v) is 2.88. The third-order valence-electron chi connectivity index (χ3n) is 2.70. The molecule has 0 amide bonds. The van der Waals surface area contributed by atoms with Gasteiger partial charge in [0.2, 0.25) is 5.28 Å². The lowest BCUT2D eigenvalue weighted by Gasteiger charge is -2.35. The summed E-state index contributed by atoms with van der Waals surface area (Å²) in [6.45, 7) is 3.40. The number of methoxy groups -OCH3 is 1. The number of rotatable bonds is 3. The molecule has 1 aliphatic rings. The zero-order valence-corrected chi connectivity index (χ0v) is 10.2. The van der Waals surface area contributed by atoms with Crippen LogP contribution in [0.25, 0.3) is 0 Å². The number of hydrogen-bond acceptors (Lipinski definition) is 5. The summed E-state index contributed by atoms with van der Waals surface area (Å²) < 4.78 is 5.09. The Morgan fingerprint density at radius 2 is 2.31 bits per heavy atom. The second-order valence-electron chi connectivity index (χ2n) is 3.75. The van der Waals surface area contributed by atoms with Crippen molar-refractivity contribution in [1.29, 1.82) is 0 Å². The van der Waals surface area contributed by atoms with Crippen molar-refractivity contribution in [2.24, 2.45) is 0 Å². The van der Waals surface area contributed by atoms with Gasteiger partial charge in [-0.25, -0.2) is 4.98 Å². The summed E-state index contributed by atoms with van der Waals surface area (Å²) in [7, 11) is 3.73. The number of ether oxygens (including phenoxy) is 1. The molecular formula is C10H15ClN4O. The summed E-state index contributed by atoms with van der Waals surface area (Å²) in [5.41, 5.74) is 1.02. The molecule has 0 aliphatic carbocycles. The highest BCUT2D eigenvalue weighted by atomic mass is 35.5. The summed E-state index contributed by atoms with van der Waals surface area (Å²) in [6, 6.07) is 0. The number of halogens is 1. The van der Waals surface area contributed by atoms with Gasteiger partial charge in [-0.2, -0.15) is 4.98 Å². The summed E-state index contributed by atoms with van der Waals surface area (Å²) in [4.78, 5) is 12.6. The van der Waals surface area contributed by atoms with E-state index in [-0.39, 0.29) is 5.28 Å². The van der Waals surface area contributed by atoms with Crippen LogP contribution in [0.1, 0.15) is 0 Å². The number of aromatic nitrogens is 2. The van der Waals surface area contributed by atoms with Gasteiger partial charge in [0.15, 0.2) is 5.82 Å². The van der Waals surface area contributed by atoms with E-state index in [1.54, 1.807) is 13.3 Å². The molecule has 88 valence electrons. The van der Waals surface area contributed by atoms with E-state index in [4.69, 9.17) is 16.3 Å². The third kappa shape index (κ3) is 2.20. The predicted octanol–water partition coefficient (Wildman–Crippen LogP) is 1.03. The van der Waals surface area contributed by atoms with Crippen LogP contribution in [0.2, 0.25) is 5.28 Å². The first-order chi connectivity index (χ1) is 7.72. The maximum Gasteiger partial charge on any atom is 0.224 e. The SMILES string of the molecule is COCCN1CCN(C)c2cnc(Cl)nc21. The quantitative estimate of drug-likeness (QED) is 0.741. The molecule has 0 unspecified atom stereocenters. The van der Waals surface area contributed by atoms with Gasteiger partial charge in [0.05, 0.1) is 18.5 Å². The molecule has 0 atom stereocenters. The fraction of sp³-hybridized carbons (Fsp3) is 0.600. The highest BCUT2D eigenvalue weighted by Crippen LogP contribution is 2.29. The highest BCUT2D eigenvalue weighted by Gasteiger charge is 2.22. The van der Waals surface area contributed by atoms with Gasteiger partial charge in [0, 0.05) is 33.8 Å². The summed E-state index contributed by atoms with van der Waals surface area (Å²) in [5, 5.41) is 0.288. The minimum absolute atomic E-state index is 0.288. The maximum atomic E-state index is 5.83. The molecule has 2 rings (SSSR count). The minimum Gasteiger partial charge on any atom is -0.383 e. The fourth-order valence-electron chi connectivity index (χ4n) is 1.76. The molecule has 5 nitrogen and oxygen atoms in total. The number of nitrogens with zero attached hydrogens (tertiary/aromatic N) is 4. The maximum absolute atomic E-state index is 5.83. The molecule has 0 saturated heterocycles. The molecule has 1 aromatic rings. The molecule has 16 heavy (non-hydrogen) atoms. The average Bonchev–Trinajstić information content (AvgIpc) is 2.28. The molecule has 0 spiro atoms. The largest absolute Gasteiger partial charge is 0.383 e. The zero-order chi connectivity index (χ0) is 11.5. The van der Waals surface area contributed by atoms with E-state index in [9.17, 15) is 0 Å². The van der Waals surface area contributed by atoms with Crippen molar-refractivity contribution < 1.29 is 4.74 Å². The van der Waals surface area contributed by atoms with Crippen molar-refractivity contribution in [3.8, 4) is 0 Å². The molecule has 2 heterocycles. The number of likely N-dealkylation sites (N-methyl/N-ethyl adjacent to an activating group) is 1. The number of anilines is 2. The minimum atomic E-state index is 0.288. The van der Waals surface area contributed by atoms with E-state index in [0.717, 1.165) is 31.1 Å². The average molecular weight is 243 g/mol. The van der Waals surface area contributed by atoms with E-state index in [1.165, 1.54) is 0 Å². The first-order valence-corrected chi connectivity index (χ1v) is 5.57. The van der Waals surface area contributed by atoms with Gasteiger partial charge in [-0.05, 0) is 11.6 Å². The van der Waals surface area contributed by atoms with Crippen LogP contribution < -0.4 is 9.80 Å². The normalized spacial score (nSPS) is 15.2. The molecule has 6 heteroatoms. The Morgan fingerprint density at radius 1 is 1.50 bits per heavy atom. The summed E-state index contributed by atoms with van der Waals surface area (Å²) in [6.07, 6.45) is 1.77. The van der Waals surface area contributed by atoms with Gasteiger partial charge in [-0.15, -0.1) is 0 Å². The van der Waals surface area contributed by atoms with Gasteiger partial charge in [0.1, 0.15) is 0 Å². The molecule has 0 bridgehead atoms. The van der Waals surface area contributed by atoms with Crippen LogP contribution >= 0.6 is 11.6 Å². The number of fused-ring (bicyclic) bond motifs is 1. The monoisotopic (exact) mass is 242 g/mol. The van der Waals surface area contributed by atoms with Gasteiger partial charge >= 0.3 is 0 Å². The lowest BCUT2D eigenvalue weighted by Crippen LogP contribution is -2.41. The van der Waals surface area contributed by atoms with Gasteiger partial charge in [-0.3, -0.25) is 0 Å². The van der Waals surface area contributed by atoms with Crippen molar-refractivity contribution in [2.45, 2.75) is 0 Å². The Bertz CT molecular complexity index is 374. The molecular weight excluding hydrogens is 228 g/mol. The molecule has 0 radical (unpaired) electrons. The summed E-state index contributed by atoms with van der Waals surface area (Å²) in [5.74, 6) is 0.894. The van der Waals surface area contributed by atoms with E-state index in [2.05, 4.69) is 19.8 Å². The number of hydrogen-bond donors (Lipinski definition) is 0. The Hall–Kier alpha value is -1.07. The summed E-state index contributed by atoms with van der Waals surface area (Å²) >= 11 is 5.83. The molecule has 0 aromatic carbocycles. The van der Waals surface area contributed by atoms with Crippen LogP contribution in [0.5, 0.6) is 0 Å². The molecule has 0 N–H and O–H groups in total. The van der Waals surface area contributed by atoms with E-state index in [1.807, 2.05) is 7.05 Å². The lowest BCUT2D eigenvalue weighted by atomic mass is 10.3. The predicted molar refractivity (Wildman–Crippen MR) is 64.4 cm³/mol. The van der Waals surface area contributed by atoms with Crippen LogP contribution in [0.3, 0.4) is 0 Å². The molecule has 0 fully saturated rings. The second kappa shape index (κ2) is 4.84. The van der Waals surface area contributed by atoms with Crippen molar-refractivity contribution in [3.05, 3.63) is 11.5 Å². The van der Waals surface area contributed by atoms with Crippen molar-refractivity contribution in [3.63, 3.8) is 0 Å². The topological polar surface area (TPSA) is 41.5 Å². The van der Waals surface area contributed by atoms with E-state index in [0.29, 0.717) is 6.61 Å². The molecule has 0 saturated carbocycles. The van der Waals surface area contributed by atoms with Crippen molar-refractivity contribution >= 4 is 23.1 Å². The smallest absolute Gasteiger partial charge is 0.224 e. The standard InChI is InChI=1S/C10H15ClN4O/c1-14-3-4-15(5-6-16-2)9-8(14)7-12-10(11)13-9/h7H,3-6H2,1-2H3. The van der Waals surface area contributed by atoms with Crippen LogP contribution in [0.15, 0.2) is 6.20 Å². The van der Waals surface area contributed by atoms with Crippen LogP contribution in [-0.4, -0.2) is 50.4 Å². The Balaban J connectivity index is 2.27. The first-order valence-electron chi connectivity index (χ1n) is 5.20. The highest BCUT2D eigenvalue weighted by molar-refractivity contribution is 6.28.